The minimum atomic E-state index is -0.686. The van der Waals surface area contributed by atoms with Gasteiger partial charge in [0.05, 0.1) is 16.8 Å². The molecule has 1 aliphatic rings. The summed E-state index contributed by atoms with van der Waals surface area (Å²) in [5, 5.41) is 10.2. The van der Waals surface area contributed by atoms with E-state index in [0.29, 0.717) is 44.0 Å². The Morgan fingerprint density at radius 2 is 2.04 bits per heavy atom. The number of aliphatic hydroxyl groups excluding tert-OH is 1. The lowest BCUT2D eigenvalue weighted by Gasteiger charge is -2.35. The van der Waals surface area contributed by atoms with Gasteiger partial charge in [0.15, 0.2) is 0 Å². The third-order valence-corrected chi connectivity index (χ3v) is 4.44. The Hall–Kier alpha value is -1.89. The predicted molar refractivity (Wildman–Crippen MR) is 87.4 cm³/mol. The van der Waals surface area contributed by atoms with E-state index in [4.69, 9.17) is 16.0 Å². The normalized spacial score (nSPS) is 17.0. The molecule has 1 aromatic heterocycles. The summed E-state index contributed by atoms with van der Waals surface area (Å²) in [6.45, 7) is 2.78. The molecule has 2 heterocycles. The summed E-state index contributed by atoms with van der Waals surface area (Å²) >= 11 is 5.96. The average molecular weight is 353 g/mol. The number of rotatable bonds is 4. The van der Waals surface area contributed by atoms with Crippen LogP contribution in [-0.2, 0) is 0 Å². The maximum Gasteiger partial charge on any atom is 0.255 e. The quantitative estimate of drug-likeness (QED) is 0.918. The summed E-state index contributed by atoms with van der Waals surface area (Å²) in [6, 6.07) is 7.26. The van der Waals surface area contributed by atoms with Gasteiger partial charge in [0.1, 0.15) is 17.7 Å². The first-order valence-corrected chi connectivity index (χ1v) is 8.10. The number of furan rings is 1. The van der Waals surface area contributed by atoms with Gasteiger partial charge in [0.2, 0.25) is 0 Å². The van der Waals surface area contributed by atoms with Crippen molar-refractivity contribution in [3.8, 4) is 0 Å². The van der Waals surface area contributed by atoms with Gasteiger partial charge in [0, 0.05) is 32.7 Å². The summed E-state index contributed by atoms with van der Waals surface area (Å²) < 4.78 is 18.3. The topological polar surface area (TPSA) is 56.9 Å². The van der Waals surface area contributed by atoms with Gasteiger partial charge >= 0.3 is 0 Å². The van der Waals surface area contributed by atoms with Crippen molar-refractivity contribution in [3.05, 3.63) is 58.8 Å². The monoisotopic (exact) mass is 352 g/mol. The van der Waals surface area contributed by atoms with Crippen LogP contribution in [0.3, 0.4) is 0 Å². The van der Waals surface area contributed by atoms with Gasteiger partial charge in [-0.2, -0.15) is 0 Å². The number of amides is 1. The van der Waals surface area contributed by atoms with Gasteiger partial charge in [-0.05, 0) is 30.3 Å². The minimum absolute atomic E-state index is 0.121. The van der Waals surface area contributed by atoms with Crippen LogP contribution in [0.15, 0.2) is 41.0 Å². The van der Waals surface area contributed by atoms with E-state index < -0.39 is 11.9 Å². The molecule has 1 unspecified atom stereocenters. The average Bonchev–Trinajstić information content (AvgIpc) is 3.09. The number of hydrogen-bond donors (Lipinski definition) is 1. The van der Waals surface area contributed by atoms with Crippen molar-refractivity contribution in [1.82, 2.24) is 9.80 Å². The van der Waals surface area contributed by atoms with E-state index in [9.17, 15) is 14.3 Å². The fourth-order valence-electron chi connectivity index (χ4n) is 2.78. The Kier molecular flexibility index (Phi) is 5.18. The highest BCUT2D eigenvalue weighted by Crippen LogP contribution is 2.21. The van der Waals surface area contributed by atoms with Crippen molar-refractivity contribution >= 4 is 17.5 Å². The zero-order valence-electron chi connectivity index (χ0n) is 13.0. The fraction of sp³-hybridized carbons (Fsp3) is 0.353. The molecule has 7 heteroatoms. The van der Waals surface area contributed by atoms with E-state index in [1.807, 2.05) is 0 Å². The number of β-amino-alcohol motifs (C(OH)–C–C–N with tert-alkyl or cyclic N) is 1. The molecule has 1 N–H and O–H groups in total. The van der Waals surface area contributed by atoms with Crippen LogP contribution in [0.1, 0.15) is 22.2 Å². The second-order valence-electron chi connectivity index (χ2n) is 5.75. The van der Waals surface area contributed by atoms with Gasteiger partial charge in [-0.25, -0.2) is 4.39 Å². The van der Waals surface area contributed by atoms with E-state index in [1.165, 1.54) is 18.4 Å². The summed E-state index contributed by atoms with van der Waals surface area (Å²) in [5.74, 6) is -0.133. The third-order valence-electron chi connectivity index (χ3n) is 4.12. The highest BCUT2D eigenvalue weighted by Gasteiger charge is 2.25. The molecule has 24 heavy (non-hydrogen) atoms. The van der Waals surface area contributed by atoms with Crippen molar-refractivity contribution in [2.24, 2.45) is 0 Å². The number of benzene rings is 1. The predicted octanol–water partition coefficient (Wildman–Crippen LogP) is 2.56. The number of aliphatic hydroxyl groups is 1. The molecule has 2 aromatic rings. The highest BCUT2D eigenvalue weighted by molar-refractivity contribution is 6.33. The van der Waals surface area contributed by atoms with Gasteiger partial charge in [-0.1, -0.05) is 11.6 Å². The molecular formula is C17H18ClFN2O3. The molecule has 1 amide bonds. The summed E-state index contributed by atoms with van der Waals surface area (Å²) in [6.07, 6.45) is 0.843. The first-order valence-electron chi connectivity index (χ1n) is 7.73. The van der Waals surface area contributed by atoms with Crippen molar-refractivity contribution in [2.75, 3.05) is 32.7 Å². The maximum absolute atomic E-state index is 13.1. The molecule has 1 fully saturated rings. The Morgan fingerprint density at radius 1 is 1.29 bits per heavy atom. The van der Waals surface area contributed by atoms with Crippen LogP contribution in [0.5, 0.6) is 0 Å². The van der Waals surface area contributed by atoms with E-state index in [-0.39, 0.29) is 10.9 Å². The van der Waals surface area contributed by atoms with E-state index in [0.717, 1.165) is 6.07 Å². The summed E-state index contributed by atoms with van der Waals surface area (Å²) in [7, 11) is 0. The number of halogens is 2. The van der Waals surface area contributed by atoms with Crippen LogP contribution in [-0.4, -0.2) is 53.5 Å². The molecule has 1 aromatic carbocycles. The molecule has 5 nitrogen and oxygen atoms in total. The number of carbonyl (C=O) groups is 1. The lowest BCUT2D eigenvalue weighted by Crippen LogP contribution is -2.49. The number of carbonyl (C=O) groups excluding carboxylic acids is 1. The summed E-state index contributed by atoms with van der Waals surface area (Å²) in [4.78, 5) is 16.2. The van der Waals surface area contributed by atoms with E-state index in [1.54, 1.807) is 17.0 Å². The van der Waals surface area contributed by atoms with Gasteiger partial charge in [-0.3, -0.25) is 9.69 Å². The standard InChI is InChI=1S/C17H18ClFN2O3/c18-14-10-12(19)3-4-13(14)17(23)21-7-5-20(6-8-21)11-15(22)16-2-1-9-24-16/h1-4,9-10,15,22H,5-8,11H2. The van der Waals surface area contributed by atoms with Gasteiger partial charge in [-0.15, -0.1) is 0 Å². The molecule has 0 radical (unpaired) electrons. The highest BCUT2D eigenvalue weighted by atomic mass is 35.5. The third kappa shape index (κ3) is 3.77. The second-order valence-corrected chi connectivity index (χ2v) is 6.16. The molecule has 128 valence electrons. The van der Waals surface area contributed by atoms with Gasteiger partial charge < -0.3 is 14.4 Å². The molecular weight excluding hydrogens is 335 g/mol. The van der Waals surface area contributed by atoms with Crippen molar-refractivity contribution < 1.29 is 18.7 Å². The number of hydrogen-bond acceptors (Lipinski definition) is 4. The molecule has 1 saturated heterocycles. The minimum Gasteiger partial charge on any atom is -0.467 e. The Morgan fingerprint density at radius 3 is 2.67 bits per heavy atom. The van der Waals surface area contributed by atoms with Crippen LogP contribution in [0.4, 0.5) is 4.39 Å². The summed E-state index contributed by atoms with van der Waals surface area (Å²) in [5.41, 5.74) is 0.308. The largest absolute Gasteiger partial charge is 0.467 e. The Bertz CT molecular complexity index is 700. The number of nitrogens with zero attached hydrogens (tertiary/aromatic N) is 2. The SMILES string of the molecule is O=C(c1ccc(F)cc1Cl)N1CCN(CC(O)c2ccco2)CC1. The van der Waals surface area contributed by atoms with Crippen molar-refractivity contribution in [3.63, 3.8) is 0 Å². The first-order chi connectivity index (χ1) is 11.5. The second kappa shape index (κ2) is 7.34. The fourth-order valence-corrected chi connectivity index (χ4v) is 3.03. The lowest BCUT2D eigenvalue weighted by molar-refractivity contribution is 0.0486. The number of piperazine rings is 1. The molecule has 1 aliphatic heterocycles. The molecule has 0 aliphatic carbocycles. The Labute approximate surface area is 144 Å². The van der Waals surface area contributed by atoms with Crippen LogP contribution >= 0.6 is 11.6 Å². The molecule has 0 saturated carbocycles. The molecule has 0 bridgehead atoms. The molecule has 3 rings (SSSR count). The van der Waals surface area contributed by atoms with E-state index in [2.05, 4.69) is 4.90 Å². The zero-order chi connectivity index (χ0) is 17.1. The maximum atomic E-state index is 13.1. The molecule has 1 atom stereocenters. The van der Waals surface area contributed by atoms with Crippen LogP contribution in [0, 0.1) is 5.82 Å². The van der Waals surface area contributed by atoms with Crippen LogP contribution in [0.2, 0.25) is 5.02 Å². The zero-order valence-corrected chi connectivity index (χ0v) is 13.7. The molecule has 0 spiro atoms. The van der Waals surface area contributed by atoms with Crippen molar-refractivity contribution in [2.45, 2.75) is 6.10 Å². The van der Waals surface area contributed by atoms with E-state index >= 15 is 0 Å². The smallest absolute Gasteiger partial charge is 0.255 e. The van der Waals surface area contributed by atoms with Crippen LogP contribution in [0.25, 0.3) is 0 Å². The first kappa shape index (κ1) is 17.0. The Balaban J connectivity index is 1.55. The van der Waals surface area contributed by atoms with Gasteiger partial charge in [0.25, 0.3) is 5.91 Å². The van der Waals surface area contributed by atoms with Crippen molar-refractivity contribution in [1.29, 1.82) is 0 Å². The lowest BCUT2D eigenvalue weighted by atomic mass is 10.1. The van der Waals surface area contributed by atoms with Crippen LogP contribution < -0.4 is 0 Å².